The van der Waals surface area contributed by atoms with E-state index in [9.17, 15) is 4.79 Å². The number of methoxy groups -OCH3 is 3. The second-order valence-electron chi connectivity index (χ2n) is 7.19. The van der Waals surface area contributed by atoms with Gasteiger partial charge in [0, 0.05) is 19.2 Å². The SMILES string of the molecule is COC[C@H]1CCCN1N1C(=O)c2ccc(OC)cc2[C@H]1c1ccc(OC)cc1. The third-order valence-corrected chi connectivity index (χ3v) is 5.65. The lowest BCUT2D eigenvalue weighted by atomic mass is 9.98. The molecule has 0 saturated carbocycles. The Labute approximate surface area is 165 Å². The third-order valence-electron chi connectivity index (χ3n) is 5.65. The molecule has 2 aromatic carbocycles. The highest BCUT2D eigenvalue weighted by Crippen LogP contribution is 2.43. The van der Waals surface area contributed by atoms with Crippen LogP contribution in [0.5, 0.6) is 11.5 Å². The van der Waals surface area contributed by atoms with Gasteiger partial charge in [-0.25, -0.2) is 5.01 Å². The number of benzene rings is 2. The van der Waals surface area contributed by atoms with Gasteiger partial charge in [-0.15, -0.1) is 0 Å². The fraction of sp³-hybridized carbons (Fsp3) is 0.409. The van der Waals surface area contributed by atoms with Crippen molar-refractivity contribution < 1.29 is 19.0 Å². The molecule has 2 aliphatic rings. The first-order chi connectivity index (χ1) is 13.7. The summed E-state index contributed by atoms with van der Waals surface area (Å²) >= 11 is 0. The van der Waals surface area contributed by atoms with Crippen LogP contribution in [0.25, 0.3) is 0 Å². The molecule has 6 heteroatoms. The van der Waals surface area contributed by atoms with E-state index in [-0.39, 0.29) is 18.0 Å². The van der Waals surface area contributed by atoms with Crippen LogP contribution < -0.4 is 9.47 Å². The molecular formula is C22H26N2O4. The predicted molar refractivity (Wildman–Crippen MR) is 106 cm³/mol. The van der Waals surface area contributed by atoms with E-state index in [1.165, 1.54) is 0 Å². The molecule has 148 valence electrons. The van der Waals surface area contributed by atoms with E-state index >= 15 is 0 Å². The molecule has 2 atom stereocenters. The Kier molecular flexibility index (Phi) is 5.24. The molecule has 0 aliphatic carbocycles. The quantitative estimate of drug-likeness (QED) is 0.768. The minimum atomic E-state index is -0.194. The van der Waals surface area contributed by atoms with Gasteiger partial charge in [-0.3, -0.25) is 9.80 Å². The lowest BCUT2D eigenvalue weighted by Gasteiger charge is -2.37. The van der Waals surface area contributed by atoms with Crippen LogP contribution in [0.2, 0.25) is 0 Å². The van der Waals surface area contributed by atoms with Crippen LogP contribution in [0.3, 0.4) is 0 Å². The number of amides is 1. The fourth-order valence-corrected chi connectivity index (χ4v) is 4.30. The van der Waals surface area contributed by atoms with E-state index in [2.05, 4.69) is 5.01 Å². The molecule has 0 aromatic heterocycles. The average molecular weight is 382 g/mol. The van der Waals surface area contributed by atoms with Crippen molar-refractivity contribution in [2.45, 2.75) is 24.9 Å². The molecule has 2 aliphatic heterocycles. The summed E-state index contributed by atoms with van der Waals surface area (Å²) in [6, 6.07) is 13.6. The summed E-state index contributed by atoms with van der Waals surface area (Å²) in [6.07, 6.45) is 2.07. The Balaban J connectivity index is 1.80. The van der Waals surface area contributed by atoms with Crippen molar-refractivity contribution in [3.8, 4) is 11.5 Å². The van der Waals surface area contributed by atoms with Crippen molar-refractivity contribution in [2.24, 2.45) is 0 Å². The van der Waals surface area contributed by atoms with Crippen molar-refractivity contribution in [1.82, 2.24) is 10.0 Å². The van der Waals surface area contributed by atoms with Crippen molar-refractivity contribution in [2.75, 3.05) is 34.5 Å². The van der Waals surface area contributed by atoms with E-state index in [0.29, 0.717) is 6.61 Å². The smallest absolute Gasteiger partial charge is 0.269 e. The van der Waals surface area contributed by atoms with Crippen LogP contribution in [-0.2, 0) is 4.74 Å². The molecule has 0 N–H and O–H groups in total. The van der Waals surface area contributed by atoms with E-state index < -0.39 is 0 Å². The fourth-order valence-electron chi connectivity index (χ4n) is 4.30. The highest BCUT2D eigenvalue weighted by molar-refractivity contribution is 5.99. The van der Waals surface area contributed by atoms with Crippen molar-refractivity contribution in [3.05, 3.63) is 59.2 Å². The number of carbonyl (C=O) groups is 1. The summed E-state index contributed by atoms with van der Waals surface area (Å²) < 4.78 is 16.2. The van der Waals surface area contributed by atoms with Gasteiger partial charge in [0.05, 0.1) is 32.9 Å². The van der Waals surface area contributed by atoms with Gasteiger partial charge in [0.1, 0.15) is 11.5 Å². The molecule has 4 rings (SSSR count). The zero-order valence-corrected chi connectivity index (χ0v) is 16.6. The summed E-state index contributed by atoms with van der Waals surface area (Å²) in [7, 11) is 5.01. The number of nitrogens with zero attached hydrogens (tertiary/aromatic N) is 2. The predicted octanol–water partition coefficient (Wildman–Crippen LogP) is 3.27. The summed E-state index contributed by atoms with van der Waals surface area (Å²) in [4.78, 5) is 13.4. The first-order valence-electron chi connectivity index (χ1n) is 9.59. The van der Waals surface area contributed by atoms with Crippen molar-refractivity contribution in [3.63, 3.8) is 0 Å². The van der Waals surface area contributed by atoms with Gasteiger partial charge >= 0.3 is 0 Å². The van der Waals surface area contributed by atoms with Gasteiger partial charge in [0.15, 0.2) is 0 Å². The molecule has 1 amide bonds. The zero-order valence-electron chi connectivity index (χ0n) is 16.6. The van der Waals surface area contributed by atoms with Crippen LogP contribution in [0, 0.1) is 0 Å². The molecule has 6 nitrogen and oxygen atoms in total. The maximum absolute atomic E-state index is 13.4. The highest BCUT2D eigenvalue weighted by atomic mass is 16.5. The maximum Gasteiger partial charge on any atom is 0.269 e. The van der Waals surface area contributed by atoms with Crippen LogP contribution in [-0.4, -0.2) is 56.4 Å². The Bertz CT molecular complexity index is 852. The van der Waals surface area contributed by atoms with Gasteiger partial charge < -0.3 is 14.2 Å². The number of rotatable bonds is 6. The average Bonchev–Trinajstić information content (AvgIpc) is 3.30. The van der Waals surface area contributed by atoms with E-state index in [0.717, 1.165) is 47.6 Å². The summed E-state index contributed by atoms with van der Waals surface area (Å²) in [5, 5.41) is 4.11. The number of ether oxygens (including phenoxy) is 3. The van der Waals surface area contributed by atoms with E-state index in [4.69, 9.17) is 14.2 Å². The first-order valence-corrected chi connectivity index (χ1v) is 9.59. The lowest BCUT2D eigenvalue weighted by molar-refractivity contribution is -0.0466. The molecule has 1 saturated heterocycles. The second-order valence-corrected chi connectivity index (χ2v) is 7.19. The van der Waals surface area contributed by atoms with Gasteiger partial charge in [0.25, 0.3) is 5.91 Å². The molecular weight excluding hydrogens is 356 g/mol. The van der Waals surface area contributed by atoms with Gasteiger partial charge in [-0.1, -0.05) is 12.1 Å². The van der Waals surface area contributed by atoms with Gasteiger partial charge in [-0.2, -0.15) is 0 Å². The number of fused-ring (bicyclic) bond motifs is 1. The van der Waals surface area contributed by atoms with Crippen molar-refractivity contribution >= 4 is 5.91 Å². The van der Waals surface area contributed by atoms with E-state index in [1.54, 1.807) is 21.3 Å². The molecule has 2 heterocycles. The number of hydrazine groups is 1. The standard InChI is InChI=1S/C22H26N2O4/c1-26-14-16-5-4-12-23(16)24-21(15-6-8-17(27-2)9-7-15)20-13-18(28-3)10-11-19(20)22(24)25/h6-11,13,16,21H,4-5,12,14H2,1-3H3/t16-,21-/m1/s1. The molecule has 0 unspecified atom stereocenters. The summed E-state index contributed by atoms with van der Waals surface area (Å²) in [6.45, 7) is 1.45. The largest absolute Gasteiger partial charge is 0.497 e. The molecule has 1 fully saturated rings. The van der Waals surface area contributed by atoms with Crippen LogP contribution in [0.4, 0.5) is 0 Å². The molecule has 0 bridgehead atoms. The highest BCUT2D eigenvalue weighted by Gasteiger charge is 2.44. The third kappa shape index (κ3) is 3.12. The van der Waals surface area contributed by atoms with Crippen LogP contribution in [0.1, 0.15) is 40.4 Å². The molecule has 2 aromatic rings. The summed E-state index contributed by atoms with van der Waals surface area (Å²) in [5.41, 5.74) is 2.74. The van der Waals surface area contributed by atoms with Gasteiger partial charge in [0.2, 0.25) is 0 Å². The van der Waals surface area contributed by atoms with Crippen LogP contribution in [0.15, 0.2) is 42.5 Å². The van der Waals surface area contributed by atoms with Gasteiger partial charge in [-0.05, 0) is 54.3 Å². The number of hydrogen-bond donors (Lipinski definition) is 0. The monoisotopic (exact) mass is 382 g/mol. The minimum absolute atomic E-state index is 0.0291. The maximum atomic E-state index is 13.4. The number of hydrogen-bond acceptors (Lipinski definition) is 5. The number of carbonyl (C=O) groups excluding carboxylic acids is 1. The molecule has 0 radical (unpaired) electrons. The first kappa shape index (κ1) is 18.8. The second kappa shape index (κ2) is 7.81. The summed E-state index contributed by atoms with van der Waals surface area (Å²) in [5.74, 6) is 1.58. The Hall–Kier alpha value is -2.57. The van der Waals surface area contributed by atoms with Crippen molar-refractivity contribution in [1.29, 1.82) is 0 Å². The Morgan fingerprint density at radius 2 is 1.71 bits per heavy atom. The lowest BCUT2D eigenvalue weighted by Crippen LogP contribution is -2.49. The topological polar surface area (TPSA) is 51.2 Å². The minimum Gasteiger partial charge on any atom is -0.497 e. The normalized spacial score (nSPS) is 21.8. The molecule has 28 heavy (non-hydrogen) atoms. The van der Waals surface area contributed by atoms with Crippen LogP contribution >= 0.6 is 0 Å². The van der Waals surface area contributed by atoms with E-state index in [1.807, 2.05) is 47.5 Å². The Morgan fingerprint density at radius 3 is 2.39 bits per heavy atom. The molecule has 0 spiro atoms. The Morgan fingerprint density at radius 1 is 1.00 bits per heavy atom. The zero-order chi connectivity index (χ0) is 19.7.